The number of aromatic nitrogens is 1. The van der Waals surface area contributed by atoms with Crippen molar-refractivity contribution in [3.8, 4) is 0 Å². The van der Waals surface area contributed by atoms with Gasteiger partial charge in [-0.15, -0.1) is 11.3 Å². The van der Waals surface area contributed by atoms with Crippen LogP contribution in [0.25, 0.3) is 10.9 Å². The minimum absolute atomic E-state index is 0.100. The Bertz CT molecular complexity index is 1020. The van der Waals surface area contributed by atoms with Crippen molar-refractivity contribution in [2.24, 2.45) is 0 Å². The van der Waals surface area contributed by atoms with Crippen LogP contribution in [0.15, 0.2) is 78.3 Å². The smallest absolute Gasteiger partial charge is 0.220 e. The van der Waals surface area contributed by atoms with E-state index in [9.17, 15) is 4.79 Å². The van der Waals surface area contributed by atoms with Crippen LogP contribution in [0.4, 0.5) is 0 Å². The molecule has 0 radical (unpaired) electrons. The van der Waals surface area contributed by atoms with Gasteiger partial charge in [0.05, 0.1) is 6.54 Å². The van der Waals surface area contributed by atoms with E-state index in [2.05, 4.69) is 64.6 Å². The molecule has 0 atom stereocenters. The first-order valence-electron chi connectivity index (χ1n) is 9.19. The number of fused-ring (bicyclic) bond motifs is 1. The highest BCUT2D eigenvalue weighted by Gasteiger charge is 2.10. The Morgan fingerprint density at radius 1 is 0.963 bits per heavy atom. The molecule has 0 saturated heterocycles. The van der Waals surface area contributed by atoms with Gasteiger partial charge in [0, 0.05) is 34.9 Å². The van der Waals surface area contributed by atoms with Crippen molar-refractivity contribution < 1.29 is 4.79 Å². The van der Waals surface area contributed by atoms with E-state index in [4.69, 9.17) is 0 Å². The molecule has 4 aromatic rings. The largest absolute Gasteiger partial charge is 0.351 e. The van der Waals surface area contributed by atoms with E-state index in [0.29, 0.717) is 13.0 Å². The molecular weight excluding hydrogens is 352 g/mol. The Balaban J connectivity index is 1.46. The SMILES string of the molecule is O=C(CCc1cn(Cc2ccccc2)c2ccccc12)NCc1cccs1. The van der Waals surface area contributed by atoms with Crippen LogP contribution in [0, 0.1) is 0 Å². The van der Waals surface area contributed by atoms with Gasteiger partial charge in [0.1, 0.15) is 0 Å². The van der Waals surface area contributed by atoms with Crippen LogP contribution in [0.5, 0.6) is 0 Å². The van der Waals surface area contributed by atoms with Crippen molar-refractivity contribution in [2.45, 2.75) is 25.9 Å². The van der Waals surface area contributed by atoms with E-state index in [0.717, 1.165) is 13.0 Å². The lowest BCUT2D eigenvalue weighted by molar-refractivity contribution is -0.121. The lowest BCUT2D eigenvalue weighted by Crippen LogP contribution is -2.22. The third kappa shape index (κ3) is 4.29. The van der Waals surface area contributed by atoms with E-state index in [-0.39, 0.29) is 5.91 Å². The van der Waals surface area contributed by atoms with Crippen LogP contribution in [-0.2, 0) is 24.3 Å². The van der Waals surface area contributed by atoms with Crippen molar-refractivity contribution >= 4 is 28.1 Å². The average Bonchev–Trinajstić information content (AvgIpc) is 3.34. The van der Waals surface area contributed by atoms with Crippen LogP contribution in [0.1, 0.15) is 22.4 Å². The highest BCUT2D eigenvalue weighted by Crippen LogP contribution is 2.23. The van der Waals surface area contributed by atoms with Gasteiger partial charge in [0.25, 0.3) is 0 Å². The molecule has 2 aromatic heterocycles. The number of para-hydroxylation sites is 1. The first-order chi connectivity index (χ1) is 13.3. The molecule has 2 heterocycles. The molecular formula is C23H22N2OS. The Labute approximate surface area is 163 Å². The van der Waals surface area contributed by atoms with Gasteiger partial charge in [-0.3, -0.25) is 4.79 Å². The molecule has 0 spiro atoms. The van der Waals surface area contributed by atoms with Crippen molar-refractivity contribution in [2.75, 3.05) is 0 Å². The van der Waals surface area contributed by atoms with Gasteiger partial charge < -0.3 is 9.88 Å². The zero-order valence-electron chi connectivity index (χ0n) is 15.1. The number of nitrogens with zero attached hydrogens (tertiary/aromatic N) is 1. The summed E-state index contributed by atoms with van der Waals surface area (Å²) >= 11 is 1.67. The lowest BCUT2D eigenvalue weighted by atomic mass is 10.1. The van der Waals surface area contributed by atoms with Crippen LogP contribution in [0.3, 0.4) is 0 Å². The minimum atomic E-state index is 0.100. The van der Waals surface area contributed by atoms with E-state index in [1.165, 1.54) is 26.9 Å². The summed E-state index contributed by atoms with van der Waals surface area (Å²) in [5, 5.41) is 6.28. The van der Waals surface area contributed by atoms with Crippen molar-refractivity contribution in [1.29, 1.82) is 0 Å². The molecule has 136 valence electrons. The predicted molar refractivity (Wildman–Crippen MR) is 112 cm³/mol. The summed E-state index contributed by atoms with van der Waals surface area (Å²) in [7, 11) is 0. The van der Waals surface area contributed by atoms with Gasteiger partial charge in [-0.2, -0.15) is 0 Å². The summed E-state index contributed by atoms with van der Waals surface area (Å²) in [5.74, 6) is 0.100. The van der Waals surface area contributed by atoms with Crippen LogP contribution in [-0.4, -0.2) is 10.5 Å². The molecule has 3 nitrogen and oxygen atoms in total. The standard InChI is InChI=1S/C23H22N2OS/c26-23(24-15-20-9-6-14-27-20)13-12-19-17-25(16-18-7-2-1-3-8-18)22-11-5-4-10-21(19)22/h1-11,14,17H,12-13,15-16H2,(H,24,26). The Morgan fingerprint density at radius 2 is 1.78 bits per heavy atom. The number of carbonyl (C=O) groups excluding carboxylic acids is 1. The first-order valence-corrected chi connectivity index (χ1v) is 10.1. The number of nitrogens with one attached hydrogen (secondary N) is 1. The summed E-state index contributed by atoms with van der Waals surface area (Å²) in [6.07, 6.45) is 3.45. The first kappa shape index (κ1) is 17.6. The maximum absolute atomic E-state index is 12.2. The normalized spacial score (nSPS) is 11.0. The fourth-order valence-corrected chi connectivity index (χ4v) is 4.01. The summed E-state index contributed by atoms with van der Waals surface area (Å²) in [6, 6.07) is 23.0. The van der Waals surface area contributed by atoms with E-state index >= 15 is 0 Å². The van der Waals surface area contributed by atoms with E-state index in [1.807, 2.05) is 23.6 Å². The highest BCUT2D eigenvalue weighted by molar-refractivity contribution is 7.09. The maximum Gasteiger partial charge on any atom is 0.220 e. The second kappa shape index (κ2) is 8.23. The molecule has 0 saturated carbocycles. The number of aryl methyl sites for hydroxylation is 1. The fourth-order valence-electron chi connectivity index (χ4n) is 3.37. The zero-order chi connectivity index (χ0) is 18.5. The zero-order valence-corrected chi connectivity index (χ0v) is 15.9. The number of hydrogen-bond acceptors (Lipinski definition) is 2. The molecule has 0 bridgehead atoms. The van der Waals surface area contributed by atoms with Gasteiger partial charge in [-0.1, -0.05) is 54.6 Å². The molecule has 0 aliphatic rings. The van der Waals surface area contributed by atoms with E-state index in [1.54, 1.807) is 11.3 Å². The maximum atomic E-state index is 12.2. The van der Waals surface area contributed by atoms with Crippen LogP contribution in [0.2, 0.25) is 0 Å². The van der Waals surface area contributed by atoms with Gasteiger partial charge in [0.15, 0.2) is 0 Å². The van der Waals surface area contributed by atoms with Crippen LogP contribution < -0.4 is 5.32 Å². The molecule has 27 heavy (non-hydrogen) atoms. The minimum Gasteiger partial charge on any atom is -0.351 e. The van der Waals surface area contributed by atoms with Gasteiger partial charge in [-0.25, -0.2) is 0 Å². The number of amides is 1. The third-order valence-electron chi connectivity index (χ3n) is 4.73. The molecule has 0 fully saturated rings. The quantitative estimate of drug-likeness (QED) is 0.485. The van der Waals surface area contributed by atoms with Gasteiger partial charge in [-0.05, 0) is 35.1 Å². The summed E-state index contributed by atoms with van der Waals surface area (Å²) in [4.78, 5) is 13.4. The number of thiophene rings is 1. The summed E-state index contributed by atoms with van der Waals surface area (Å²) in [5.41, 5.74) is 3.72. The van der Waals surface area contributed by atoms with E-state index < -0.39 is 0 Å². The Kier molecular flexibility index (Phi) is 5.35. The lowest BCUT2D eigenvalue weighted by Gasteiger charge is -2.05. The molecule has 0 unspecified atom stereocenters. The molecule has 0 aliphatic carbocycles. The van der Waals surface area contributed by atoms with Gasteiger partial charge >= 0.3 is 0 Å². The topological polar surface area (TPSA) is 34.0 Å². The number of hydrogen-bond donors (Lipinski definition) is 1. The van der Waals surface area contributed by atoms with Crippen molar-refractivity contribution in [3.05, 3.63) is 94.3 Å². The number of carbonyl (C=O) groups is 1. The second-order valence-electron chi connectivity index (χ2n) is 6.64. The predicted octanol–water partition coefficient (Wildman–Crippen LogP) is 5.00. The molecule has 1 amide bonds. The van der Waals surface area contributed by atoms with Crippen molar-refractivity contribution in [3.63, 3.8) is 0 Å². The number of rotatable bonds is 7. The monoisotopic (exact) mass is 374 g/mol. The molecule has 4 rings (SSSR count). The molecule has 2 aromatic carbocycles. The fraction of sp³-hybridized carbons (Fsp3) is 0.174. The highest BCUT2D eigenvalue weighted by atomic mass is 32.1. The van der Waals surface area contributed by atoms with Crippen molar-refractivity contribution in [1.82, 2.24) is 9.88 Å². The average molecular weight is 375 g/mol. The van der Waals surface area contributed by atoms with Gasteiger partial charge in [0.2, 0.25) is 5.91 Å². The molecule has 4 heteroatoms. The molecule has 1 N–H and O–H groups in total. The molecule has 0 aliphatic heterocycles. The Hall–Kier alpha value is -2.85. The third-order valence-corrected chi connectivity index (χ3v) is 5.60. The second-order valence-corrected chi connectivity index (χ2v) is 7.67. The van der Waals surface area contributed by atoms with Crippen LogP contribution >= 0.6 is 11.3 Å². The number of benzene rings is 2. The Morgan fingerprint density at radius 3 is 2.59 bits per heavy atom. The summed E-state index contributed by atoms with van der Waals surface area (Å²) < 4.78 is 2.28. The summed E-state index contributed by atoms with van der Waals surface area (Å²) in [6.45, 7) is 1.46.